The number of hydrogen-bond donors (Lipinski definition) is 0. The van der Waals surface area contributed by atoms with E-state index in [0.29, 0.717) is 0 Å². The van der Waals surface area contributed by atoms with E-state index < -0.39 is 0 Å². The third kappa shape index (κ3) is 1.31. The summed E-state index contributed by atoms with van der Waals surface area (Å²) in [5.41, 5.74) is 2.83. The molecule has 0 N–H and O–H groups in total. The van der Waals surface area contributed by atoms with Crippen LogP contribution in [0.15, 0.2) is 23.3 Å². The fourth-order valence-corrected chi connectivity index (χ4v) is 1.51. The Morgan fingerprint density at radius 3 is 2.11 bits per heavy atom. The van der Waals surface area contributed by atoms with Crippen molar-refractivity contribution in [1.82, 2.24) is 0 Å². The van der Waals surface area contributed by atoms with Gasteiger partial charge in [0.1, 0.15) is 0 Å². The second-order valence-electron chi connectivity index (χ2n) is 2.86. The molecule has 0 amide bonds. The van der Waals surface area contributed by atoms with E-state index in [1.807, 2.05) is 0 Å². The molecule has 0 nitrogen and oxygen atoms in total. The Morgan fingerprint density at radius 2 is 2.00 bits per heavy atom. The van der Waals surface area contributed by atoms with Gasteiger partial charge in [-0.2, -0.15) is 0 Å². The number of rotatable bonds is 0. The molecule has 0 fully saturated rings. The average Bonchev–Trinajstić information content (AvgIpc) is 1.79. The van der Waals surface area contributed by atoms with Crippen LogP contribution in [0.3, 0.4) is 0 Å². The first-order chi connectivity index (χ1) is 4.02. The van der Waals surface area contributed by atoms with Crippen LogP contribution in [0, 0.1) is 0 Å². The van der Waals surface area contributed by atoms with Gasteiger partial charge >= 0.3 is 65.6 Å². The van der Waals surface area contributed by atoms with Crippen LogP contribution in [-0.2, 0) is 17.4 Å². The van der Waals surface area contributed by atoms with Gasteiger partial charge in [0, 0.05) is 0 Å². The van der Waals surface area contributed by atoms with Crippen LogP contribution in [0.2, 0.25) is 4.13 Å². The molecule has 48 valence electrons. The van der Waals surface area contributed by atoms with Crippen LogP contribution in [0.25, 0.3) is 0 Å². The summed E-state index contributed by atoms with van der Waals surface area (Å²) in [6.45, 7) is 6.53. The Kier molecular flexibility index (Phi) is 1.62. The molecule has 0 radical (unpaired) electrons. The van der Waals surface area contributed by atoms with Crippen molar-refractivity contribution in [3.05, 3.63) is 23.3 Å². The summed E-state index contributed by atoms with van der Waals surface area (Å²) in [7, 11) is 0. The van der Waals surface area contributed by atoms with Crippen molar-refractivity contribution >= 4 is 0 Å². The molecule has 0 saturated heterocycles. The van der Waals surface area contributed by atoms with Crippen molar-refractivity contribution in [1.29, 1.82) is 0 Å². The minimum absolute atomic E-state index is 0.261. The fourth-order valence-electron chi connectivity index (χ4n) is 1.09. The first kappa shape index (κ1) is 7.17. The van der Waals surface area contributed by atoms with Crippen molar-refractivity contribution in [2.75, 3.05) is 0 Å². The maximum atomic E-state index is 2.70. The third-order valence-corrected chi connectivity index (χ3v) is 2.50. The Labute approximate surface area is 66.0 Å². The van der Waals surface area contributed by atoms with Crippen molar-refractivity contribution in [2.24, 2.45) is 0 Å². The van der Waals surface area contributed by atoms with Crippen LogP contribution in [0.4, 0.5) is 0 Å². The molecule has 0 heterocycles. The predicted molar refractivity (Wildman–Crippen MR) is 35.9 cm³/mol. The summed E-state index contributed by atoms with van der Waals surface area (Å²) in [6, 6.07) is 0. The van der Waals surface area contributed by atoms with Gasteiger partial charge in [0.15, 0.2) is 0 Å². The van der Waals surface area contributed by atoms with Gasteiger partial charge in [0.25, 0.3) is 0 Å². The van der Waals surface area contributed by atoms with Crippen LogP contribution >= 0.6 is 0 Å². The standard InChI is InChI=1S/C8H11.V/c1-6-4-7(2)8(3)5-6;/h4-5H,1-3H3;. The molecule has 0 aromatic carbocycles. The van der Waals surface area contributed by atoms with Crippen molar-refractivity contribution < 1.29 is 17.4 Å². The van der Waals surface area contributed by atoms with Gasteiger partial charge in [-0.3, -0.25) is 0 Å². The Balaban J connectivity index is 2.96. The first-order valence-electron chi connectivity index (χ1n) is 3.13. The molecular weight excluding hydrogens is 147 g/mol. The van der Waals surface area contributed by atoms with Gasteiger partial charge in [-0.15, -0.1) is 0 Å². The molecule has 0 aromatic rings. The third-order valence-electron chi connectivity index (χ3n) is 1.75. The molecule has 0 spiro atoms. The van der Waals surface area contributed by atoms with E-state index in [9.17, 15) is 0 Å². The second kappa shape index (κ2) is 2.03. The van der Waals surface area contributed by atoms with E-state index in [4.69, 9.17) is 0 Å². The van der Waals surface area contributed by atoms with E-state index in [1.54, 1.807) is 0 Å². The zero-order chi connectivity index (χ0) is 7.07. The molecule has 1 aliphatic rings. The maximum absolute atomic E-state index is 2.70. The topological polar surface area (TPSA) is 0 Å². The molecule has 1 unspecified atom stereocenters. The van der Waals surface area contributed by atoms with Gasteiger partial charge in [0.2, 0.25) is 0 Å². The fraction of sp³-hybridized carbons (Fsp3) is 0.500. The van der Waals surface area contributed by atoms with Crippen molar-refractivity contribution in [3.8, 4) is 0 Å². The Bertz CT molecular complexity index is 185. The van der Waals surface area contributed by atoms with E-state index >= 15 is 0 Å². The average molecular weight is 158 g/mol. The molecule has 9 heavy (non-hydrogen) atoms. The summed E-state index contributed by atoms with van der Waals surface area (Å²) in [4.78, 5) is 0. The summed E-state index contributed by atoms with van der Waals surface area (Å²) in [5, 5.41) is 0. The van der Waals surface area contributed by atoms with E-state index in [-0.39, 0.29) is 4.13 Å². The van der Waals surface area contributed by atoms with Gasteiger partial charge in [-0.25, -0.2) is 0 Å². The summed E-state index contributed by atoms with van der Waals surface area (Å²) in [5.74, 6) is 0. The van der Waals surface area contributed by atoms with Gasteiger partial charge in [0.05, 0.1) is 0 Å². The monoisotopic (exact) mass is 158 g/mol. The van der Waals surface area contributed by atoms with Gasteiger partial charge < -0.3 is 0 Å². The number of allylic oxidation sites excluding steroid dienone is 4. The van der Waals surface area contributed by atoms with E-state index in [1.165, 1.54) is 11.1 Å². The van der Waals surface area contributed by atoms with Crippen LogP contribution in [0.5, 0.6) is 0 Å². The molecule has 1 aliphatic carbocycles. The molecule has 0 aromatic heterocycles. The summed E-state index contributed by atoms with van der Waals surface area (Å²) >= 11 is 2.70. The van der Waals surface area contributed by atoms with Gasteiger partial charge in [-0.1, -0.05) is 0 Å². The Hall–Kier alpha value is 0.0644. The molecule has 1 heteroatoms. The SMILES string of the molecule is CC1=C[C](C)([V])C(C)=C1. The van der Waals surface area contributed by atoms with Crippen molar-refractivity contribution in [3.63, 3.8) is 0 Å². The van der Waals surface area contributed by atoms with Gasteiger partial charge in [-0.05, 0) is 0 Å². The van der Waals surface area contributed by atoms with E-state index in [0.717, 1.165) is 0 Å². The first-order valence-corrected chi connectivity index (χ1v) is 3.83. The zero-order valence-corrected chi connectivity index (χ0v) is 7.50. The molecular formula is C8H11V. The minimum atomic E-state index is 0.261. The van der Waals surface area contributed by atoms with Crippen LogP contribution in [0.1, 0.15) is 20.8 Å². The summed E-state index contributed by atoms with van der Waals surface area (Å²) in [6.07, 6.45) is 4.51. The van der Waals surface area contributed by atoms with Crippen molar-refractivity contribution in [2.45, 2.75) is 24.9 Å². The number of hydrogen-bond acceptors (Lipinski definition) is 0. The predicted octanol–water partition coefficient (Wildman–Crippen LogP) is 2.62. The van der Waals surface area contributed by atoms with Crippen LogP contribution in [-0.4, -0.2) is 0 Å². The van der Waals surface area contributed by atoms with Crippen LogP contribution < -0.4 is 0 Å². The molecule has 0 aliphatic heterocycles. The molecule has 0 bridgehead atoms. The normalized spacial score (nSPS) is 34.1. The molecule has 0 saturated carbocycles. The quantitative estimate of drug-likeness (QED) is 0.508. The Morgan fingerprint density at radius 1 is 1.44 bits per heavy atom. The molecule has 1 atom stereocenters. The zero-order valence-electron chi connectivity index (χ0n) is 6.10. The summed E-state index contributed by atoms with van der Waals surface area (Å²) < 4.78 is 0.261. The second-order valence-corrected chi connectivity index (χ2v) is 4.31. The molecule has 1 rings (SSSR count). The van der Waals surface area contributed by atoms with E-state index in [2.05, 4.69) is 50.3 Å².